The SMILES string of the molecule is O=C(NCc1ccc(Br)cc1)c1cccc2cc[nH]c12. The molecule has 2 aromatic carbocycles. The monoisotopic (exact) mass is 328 g/mol. The molecule has 1 amide bonds. The fourth-order valence-electron chi connectivity index (χ4n) is 2.15. The Morgan fingerprint density at radius 1 is 1.10 bits per heavy atom. The molecule has 0 aliphatic carbocycles. The first kappa shape index (κ1) is 12.9. The van der Waals surface area contributed by atoms with Gasteiger partial charge in [0, 0.05) is 22.6 Å². The molecule has 0 aliphatic heterocycles. The Kier molecular flexibility index (Phi) is 3.56. The lowest BCUT2D eigenvalue weighted by Crippen LogP contribution is -2.23. The van der Waals surface area contributed by atoms with Crippen molar-refractivity contribution < 1.29 is 4.79 Å². The highest BCUT2D eigenvalue weighted by Crippen LogP contribution is 2.17. The highest BCUT2D eigenvalue weighted by Gasteiger charge is 2.10. The second kappa shape index (κ2) is 5.51. The molecular weight excluding hydrogens is 316 g/mol. The van der Waals surface area contributed by atoms with Crippen LogP contribution in [0.15, 0.2) is 59.2 Å². The molecule has 0 radical (unpaired) electrons. The number of amides is 1. The van der Waals surface area contributed by atoms with Crippen LogP contribution in [-0.2, 0) is 6.54 Å². The zero-order chi connectivity index (χ0) is 13.9. The maximum atomic E-state index is 12.3. The molecule has 0 unspecified atom stereocenters. The number of para-hydroxylation sites is 1. The molecule has 2 N–H and O–H groups in total. The normalized spacial score (nSPS) is 10.7. The van der Waals surface area contributed by atoms with Crippen molar-refractivity contribution >= 4 is 32.7 Å². The largest absolute Gasteiger partial charge is 0.361 e. The van der Waals surface area contributed by atoms with Gasteiger partial charge in [0.1, 0.15) is 0 Å². The van der Waals surface area contributed by atoms with Gasteiger partial charge in [-0.3, -0.25) is 4.79 Å². The van der Waals surface area contributed by atoms with E-state index in [9.17, 15) is 4.79 Å². The van der Waals surface area contributed by atoms with Gasteiger partial charge in [-0.1, -0.05) is 40.2 Å². The van der Waals surface area contributed by atoms with Crippen molar-refractivity contribution in [3.05, 3.63) is 70.3 Å². The van der Waals surface area contributed by atoms with E-state index in [1.54, 1.807) is 0 Å². The fraction of sp³-hybridized carbons (Fsp3) is 0.0625. The number of fused-ring (bicyclic) bond motifs is 1. The molecule has 0 fully saturated rings. The van der Waals surface area contributed by atoms with E-state index in [2.05, 4.69) is 26.2 Å². The van der Waals surface area contributed by atoms with Gasteiger partial charge in [-0.15, -0.1) is 0 Å². The molecule has 100 valence electrons. The average molecular weight is 329 g/mol. The molecule has 3 aromatic rings. The molecule has 3 nitrogen and oxygen atoms in total. The number of hydrogen-bond acceptors (Lipinski definition) is 1. The summed E-state index contributed by atoms with van der Waals surface area (Å²) in [7, 11) is 0. The van der Waals surface area contributed by atoms with Crippen molar-refractivity contribution in [1.29, 1.82) is 0 Å². The topological polar surface area (TPSA) is 44.9 Å². The number of hydrogen-bond donors (Lipinski definition) is 2. The van der Waals surface area contributed by atoms with Crippen molar-refractivity contribution in [2.24, 2.45) is 0 Å². The summed E-state index contributed by atoms with van der Waals surface area (Å²) in [4.78, 5) is 15.4. The van der Waals surface area contributed by atoms with E-state index in [1.807, 2.05) is 54.7 Å². The second-order valence-corrected chi connectivity index (χ2v) is 5.47. The van der Waals surface area contributed by atoms with Crippen molar-refractivity contribution in [3.63, 3.8) is 0 Å². The van der Waals surface area contributed by atoms with Crippen molar-refractivity contribution in [2.45, 2.75) is 6.54 Å². The Hall–Kier alpha value is -2.07. The summed E-state index contributed by atoms with van der Waals surface area (Å²) < 4.78 is 1.03. The summed E-state index contributed by atoms with van der Waals surface area (Å²) in [5.74, 6) is -0.0685. The third kappa shape index (κ3) is 2.60. The number of aromatic nitrogens is 1. The van der Waals surface area contributed by atoms with Crippen molar-refractivity contribution in [1.82, 2.24) is 10.3 Å². The summed E-state index contributed by atoms with van der Waals surface area (Å²) in [5, 5.41) is 3.99. The first-order valence-electron chi connectivity index (χ1n) is 6.33. The minimum Gasteiger partial charge on any atom is -0.361 e. The molecular formula is C16H13BrN2O. The van der Waals surface area contributed by atoms with Gasteiger partial charge < -0.3 is 10.3 Å². The second-order valence-electron chi connectivity index (χ2n) is 4.56. The van der Waals surface area contributed by atoms with E-state index >= 15 is 0 Å². The molecule has 0 aliphatic rings. The van der Waals surface area contributed by atoms with Crippen LogP contribution in [0.4, 0.5) is 0 Å². The standard InChI is InChI=1S/C16H13BrN2O/c17-13-6-4-11(5-7-13)10-19-16(20)14-3-1-2-12-8-9-18-15(12)14/h1-9,18H,10H2,(H,19,20). The van der Waals surface area contributed by atoms with Crippen LogP contribution in [0.5, 0.6) is 0 Å². The van der Waals surface area contributed by atoms with Crippen LogP contribution >= 0.6 is 15.9 Å². The van der Waals surface area contributed by atoms with Crippen LogP contribution in [-0.4, -0.2) is 10.9 Å². The lowest BCUT2D eigenvalue weighted by molar-refractivity contribution is 0.0952. The molecule has 0 bridgehead atoms. The Morgan fingerprint density at radius 3 is 2.70 bits per heavy atom. The first-order valence-corrected chi connectivity index (χ1v) is 7.12. The Balaban J connectivity index is 1.76. The van der Waals surface area contributed by atoms with Crippen LogP contribution in [0.25, 0.3) is 10.9 Å². The van der Waals surface area contributed by atoms with E-state index in [0.717, 1.165) is 20.9 Å². The number of H-pyrrole nitrogens is 1. The van der Waals surface area contributed by atoms with Gasteiger partial charge in [0.2, 0.25) is 0 Å². The maximum absolute atomic E-state index is 12.3. The minimum atomic E-state index is -0.0685. The molecule has 20 heavy (non-hydrogen) atoms. The number of benzene rings is 2. The van der Waals surface area contributed by atoms with Gasteiger partial charge in [0.15, 0.2) is 0 Å². The maximum Gasteiger partial charge on any atom is 0.253 e. The molecule has 1 heterocycles. The van der Waals surface area contributed by atoms with Crippen LogP contribution < -0.4 is 5.32 Å². The zero-order valence-electron chi connectivity index (χ0n) is 10.7. The number of nitrogens with one attached hydrogen (secondary N) is 2. The van der Waals surface area contributed by atoms with Gasteiger partial charge in [-0.2, -0.15) is 0 Å². The van der Waals surface area contributed by atoms with E-state index in [1.165, 1.54) is 0 Å². The van der Waals surface area contributed by atoms with E-state index in [-0.39, 0.29) is 5.91 Å². The Labute approximate surface area is 125 Å². The number of carbonyl (C=O) groups excluding carboxylic acids is 1. The average Bonchev–Trinajstić information content (AvgIpc) is 2.94. The molecule has 1 aromatic heterocycles. The first-order chi connectivity index (χ1) is 9.74. The summed E-state index contributed by atoms with van der Waals surface area (Å²) in [6.07, 6.45) is 1.84. The third-order valence-corrected chi connectivity index (χ3v) is 3.73. The van der Waals surface area contributed by atoms with Gasteiger partial charge in [0.25, 0.3) is 5.91 Å². The van der Waals surface area contributed by atoms with Crippen molar-refractivity contribution in [2.75, 3.05) is 0 Å². The molecule has 3 rings (SSSR count). The lowest BCUT2D eigenvalue weighted by Gasteiger charge is -2.06. The summed E-state index contributed by atoms with van der Waals surface area (Å²) in [6, 6.07) is 15.6. The van der Waals surface area contributed by atoms with E-state index in [4.69, 9.17) is 0 Å². The minimum absolute atomic E-state index is 0.0685. The summed E-state index contributed by atoms with van der Waals surface area (Å²) in [5.41, 5.74) is 2.62. The van der Waals surface area contributed by atoms with Crippen LogP contribution in [0.2, 0.25) is 0 Å². The van der Waals surface area contributed by atoms with Crippen LogP contribution in [0.1, 0.15) is 15.9 Å². The summed E-state index contributed by atoms with van der Waals surface area (Å²) in [6.45, 7) is 0.517. The van der Waals surface area contributed by atoms with Gasteiger partial charge in [-0.25, -0.2) is 0 Å². The number of rotatable bonds is 3. The van der Waals surface area contributed by atoms with Crippen LogP contribution in [0, 0.1) is 0 Å². The van der Waals surface area contributed by atoms with E-state index < -0.39 is 0 Å². The van der Waals surface area contributed by atoms with Gasteiger partial charge in [-0.05, 0) is 29.8 Å². The predicted molar refractivity (Wildman–Crippen MR) is 83.6 cm³/mol. The fourth-order valence-corrected chi connectivity index (χ4v) is 2.42. The number of carbonyl (C=O) groups is 1. The Bertz CT molecular complexity index is 747. The lowest BCUT2D eigenvalue weighted by atomic mass is 10.1. The quantitative estimate of drug-likeness (QED) is 0.753. The number of halogens is 1. The van der Waals surface area contributed by atoms with Crippen LogP contribution in [0.3, 0.4) is 0 Å². The predicted octanol–water partition coefficient (Wildman–Crippen LogP) is 3.86. The zero-order valence-corrected chi connectivity index (χ0v) is 12.3. The molecule has 0 saturated heterocycles. The molecule has 0 spiro atoms. The van der Waals surface area contributed by atoms with Crippen molar-refractivity contribution in [3.8, 4) is 0 Å². The summed E-state index contributed by atoms with van der Waals surface area (Å²) >= 11 is 3.39. The Morgan fingerprint density at radius 2 is 1.90 bits per heavy atom. The van der Waals surface area contributed by atoms with E-state index in [0.29, 0.717) is 12.1 Å². The third-order valence-electron chi connectivity index (χ3n) is 3.20. The van der Waals surface area contributed by atoms with Gasteiger partial charge >= 0.3 is 0 Å². The highest BCUT2D eigenvalue weighted by molar-refractivity contribution is 9.10. The molecule has 0 atom stereocenters. The molecule has 4 heteroatoms. The molecule has 0 saturated carbocycles. The highest BCUT2D eigenvalue weighted by atomic mass is 79.9. The number of aromatic amines is 1. The van der Waals surface area contributed by atoms with Gasteiger partial charge in [0.05, 0.1) is 11.1 Å². The smallest absolute Gasteiger partial charge is 0.253 e.